The molecule has 1 unspecified atom stereocenters. The van der Waals surface area contributed by atoms with E-state index in [1.165, 1.54) is 0 Å². The first-order chi connectivity index (χ1) is 5.86. The summed E-state index contributed by atoms with van der Waals surface area (Å²) >= 11 is 0. The minimum absolute atomic E-state index is 0.175. The molecule has 0 saturated carbocycles. The molecule has 3 heteroatoms. The van der Waals surface area contributed by atoms with Crippen molar-refractivity contribution in [2.45, 2.75) is 6.10 Å². The van der Waals surface area contributed by atoms with E-state index in [4.69, 9.17) is 4.74 Å². The SMILES string of the molecule is O=C1OC1COc1ccccc1. The summed E-state index contributed by atoms with van der Waals surface area (Å²) in [5.41, 5.74) is 0. The summed E-state index contributed by atoms with van der Waals surface area (Å²) in [5, 5.41) is 0. The van der Waals surface area contributed by atoms with E-state index in [0.29, 0.717) is 6.61 Å². The Hall–Kier alpha value is -1.51. The molecule has 1 heterocycles. The smallest absolute Gasteiger partial charge is 0.352 e. The van der Waals surface area contributed by atoms with Gasteiger partial charge in [-0.05, 0) is 12.1 Å². The quantitative estimate of drug-likeness (QED) is 0.625. The highest BCUT2D eigenvalue weighted by molar-refractivity contribution is 5.87. The summed E-state index contributed by atoms with van der Waals surface area (Å²) < 4.78 is 9.83. The molecule has 0 aliphatic carbocycles. The lowest BCUT2D eigenvalue weighted by Gasteiger charge is -2.00. The molecule has 0 radical (unpaired) electrons. The molecule has 1 aliphatic heterocycles. The maximum Gasteiger partial charge on any atom is 0.352 e. The second kappa shape index (κ2) is 2.85. The monoisotopic (exact) mass is 164 g/mol. The third kappa shape index (κ3) is 1.56. The molecule has 0 bridgehead atoms. The molecule has 1 atom stereocenters. The van der Waals surface area contributed by atoms with E-state index in [1.807, 2.05) is 30.3 Å². The highest BCUT2D eigenvalue weighted by atomic mass is 16.7. The van der Waals surface area contributed by atoms with Crippen LogP contribution in [-0.2, 0) is 9.53 Å². The van der Waals surface area contributed by atoms with Crippen LogP contribution in [0.1, 0.15) is 0 Å². The molecule has 62 valence electrons. The van der Waals surface area contributed by atoms with Crippen molar-refractivity contribution in [3.8, 4) is 5.75 Å². The molecule has 1 aromatic rings. The summed E-state index contributed by atoms with van der Waals surface area (Å²) in [4.78, 5) is 10.4. The van der Waals surface area contributed by atoms with Gasteiger partial charge in [0.15, 0.2) is 0 Å². The fourth-order valence-electron chi connectivity index (χ4n) is 0.897. The number of epoxide rings is 1. The minimum Gasteiger partial charge on any atom is -0.489 e. The molecule has 1 saturated heterocycles. The summed E-state index contributed by atoms with van der Waals surface area (Å²) in [7, 11) is 0. The Morgan fingerprint density at radius 1 is 1.33 bits per heavy atom. The number of carbonyl (C=O) groups is 1. The third-order valence-corrected chi connectivity index (χ3v) is 1.61. The van der Waals surface area contributed by atoms with Gasteiger partial charge in [0.2, 0.25) is 6.10 Å². The van der Waals surface area contributed by atoms with Gasteiger partial charge in [-0.2, -0.15) is 0 Å². The van der Waals surface area contributed by atoms with E-state index in [9.17, 15) is 4.79 Å². The molecule has 1 fully saturated rings. The van der Waals surface area contributed by atoms with Crippen molar-refractivity contribution in [1.82, 2.24) is 0 Å². The number of benzene rings is 1. The molecular formula is C9H8O3. The van der Waals surface area contributed by atoms with Crippen LogP contribution < -0.4 is 4.74 Å². The molecule has 3 nitrogen and oxygen atoms in total. The Balaban J connectivity index is 1.84. The average molecular weight is 164 g/mol. The van der Waals surface area contributed by atoms with Crippen molar-refractivity contribution in [3.05, 3.63) is 30.3 Å². The Morgan fingerprint density at radius 3 is 2.58 bits per heavy atom. The molecule has 0 aromatic heterocycles. The van der Waals surface area contributed by atoms with E-state index in [0.717, 1.165) is 5.75 Å². The Bertz CT molecular complexity index is 281. The van der Waals surface area contributed by atoms with E-state index in [2.05, 4.69) is 4.74 Å². The first kappa shape index (κ1) is 7.16. The van der Waals surface area contributed by atoms with Crippen molar-refractivity contribution < 1.29 is 14.3 Å². The van der Waals surface area contributed by atoms with E-state index < -0.39 is 0 Å². The largest absolute Gasteiger partial charge is 0.489 e. The van der Waals surface area contributed by atoms with Crippen LogP contribution in [0.5, 0.6) is 5.75 Å². The predicted molar refractivity (Wildman–Crippen MR) is 41.8 cm³/mol. The van der Waals surface area contributed by atoms with Gasteiger partial charge in [0, 0.05) is 0 Å². The van der Waals surface area contributed by atoms with E-state index in [-0.39, 0.29) is 12.1 Å². The van der Waals surface area contributed by atoms with Gasteiger partial charge in [-0.1, -0.05) is 18.2 Å². The van der Waals surface area contributed by atoms with Crippen molar-refractivity contribution in [2.75, 3.05) is 6.61 Å². The second-order valence-corrected chi connectivity index (χ2v) is 2.55. The van der Waals surface area contributed by atoms with Crippen molar-refractivity contribution in [2.24, 2.45) is 0 Å². The van der Waals surface area contributed by atoms with Gasteiger partial charge in [0.05, 0.1) is 0 Å². The molecule has 2 rings (SSSR count). The Labute approximate surface area is 69.9 Å². The van der Waals surface area contributed by atoms with Crippen LogP contribution in [0, 0.1) is 0 Å². The van der Waals surface area contributed by atoms with Gasteiger partial charge in [0.25, 0.3) is 0 Å². The van der Waals surface area contributed by atoms with Crippen LogP contribution in [0.15, 0.2) is 30.3 Å². The fourth-order valence-corrected chi connectivity index (χ4v) is 0.897. The number of cyclic esters (lactones) is 1. The molecule has 1 aromatic carbocycles. The highest BCUT2D eigenvalue weighted by Gasteiger charge is 2.38. The average Bonchev–Trinajstić information content (AvgIpc) is 2.81. The van der Waals surface area contributed by atoms with Gasteiger partial charge in [-0.25, -0.2) is 4.79 Å². The number of rotatable bonds is 3. The maximum atomic E-state index is 10.4. The number of para-hydroxylation sites is 1. The van der Waals surface area contributed by atoms with Crippen LogP contribution in [0.3, 0.4) is 0 Å². The van der Waals surface area contributed by atoms with Crippen LogP contribution in [0.25, 0.3) is 0 Å². The van der Waals surface area contributed by atoms with Crippen LogP contribution in [0.4, 0.5) is 0 Å². The molecule has 0 amide bonds. The fraction of sp³-hybridized carbons (Fsp3) is 0.222. The first-order valence-corrected chi connectivity index (χ1v) is 3.74. The number of hydrogen-bond donors (Lipinski definition) is 0. The molecule has 12 heavy (non-hydrogen) atoms. The van der Waals surface area contributed by atoms with Crippen molar-refractivity contribution >= 4 is 5.97 Å². The molecular weight excluding hydrogens is 156 g/mol. The van der Waals surface area contributed by atoms with Gasteiger partial charge < -0.3 is 9.47 Å². The summed E-state index contributed by atoms with van der Waals surface area (Å²) in [6, 6.07) is 9.35. The van der Waals surface area contributed by atoms with Crippen LogP contribution in [-0.4, -0.2) is 18.7 Å². The summed E-state index contributed by atoms with van der Waals surface area (Å²) in [6.45, 7) is 0.322. The Morgan fingerprint density at radius 2 is 2.00 bits per heavy atom. The lowest BCUT2D eigenvalue weighted by Crippen LogP contribution is -2.04. The zero-order chi connectivity index (χ0) is 8.39. The first-order valence-electron chi connectivity index (χ1n) is 3.74. The van der Waals surface area contributed by atoms with Crippen LogP contribution >= 0.6 is 0 Å². The highest BCUT2D eigenvalue weighted by Crippen LogP contribution is 2.15. The standard InChI is InChI=1S/C9H8O3/c10-9-8(12-9)6-11-7-4-2-1-3-5-7/h1-5,8H,6H2. The van der Waals surface area contributed by atoms with Crippen molar-refractivity contribution in [1.29, 1.82) is 0 Å². The minimum atomic E-state index is -0.329. The van der Waals surface area contributed by atoms with Crippen LogP contribution in [0.2, 0.25) is 0 Å². The summed E-state index contributed by atoms with van der Waals surface area (Å²) in [6.07, 6.45) is -0.329. The number of carbonyl (C=O) groups excluding carboxylic acids is 1. The number of ether oxygens (including phenoxy) is 2. The van der Waals surface area contributed by atoms with Gasteiger partial charge in [0.1, 0.15) is 12.4 Å². The molecule has 1 aliphatic rings. The Kier molecular flexibility index (Phi) is 1.70. The third-order valence-electron chi connectivity index (χ3n) is 1.61. The van der Waals surface area contributed by atoms with E-state index >= 15 is 0 Å². The summed E-state index contributed by atoms with van der Waals surface area (Å²) in [5.74, 6) is 0.590. The van der Waals surface area contributed by atoms with E-state index in [1.54, 1.807) is 0 Å². The van der Waals surface area contributed by atoms with Crippen molar-refractivity contribution in [3.63, 3.8) is 0 Å². The zero-order valence-electron chi connectivity index (χ0n) is 6.40. The van der Waals surface area contributed by atoms with Gasteiger partial charge in [-0.3, -0.25) is 0 Å². The van der Waals surface area contributed by atoms with Gasteiger partial charge in [-0.15, -0.1) is 0 Å². The lowest BCUT2D eigenvalue weighted by atomic mass is 10.3. The number of hydrogen-bond acceptors (Lipinski definition) is 3. The van der Waals surface area contributed by atoms with Gasteiger partial charge >= 0.3 is 5.97 Å². The zero-order valence-corrected chi connectivity index (χ0v) is 6.40. The predicted octanol–water partition coefficient (Wildman–Crippen LogP) is 0.991. The second-order valence-electron chi connectivity index (χ2n) is 2.55. The molecule has 0 N–H and O–H groups in total. The normalized spacial score (nSPS) is 20.0. The topological polar surface area (TPSA) is 38.8 Å². The lowest BCUT2D eigenvalue weighted by molar-refractivity contribution is -0.117. The molecule has 0 spiro atoms. The maximum absolute atomic E-state index is 10.4.